The molecule has 1 aliphatic carbocycles. The Morgan fingerprint density at radius 2 is 2.41 bits per heavy atom. The van der Waals surface area contributed by atoms with Gasteiger partial charge in [0.1, 0.15) is 11.4 Å². The second-order valence-corrected chi connectivity index (χ2v) is 4.24. The van der Waals surface area contributed by atoms with Crippen molar-refractivity contribution in [3.05, 3.63) is 35.1 Å². The van der Waals surface area contributed by atoms with Crippen molar-refractivity contribution in [2.24, 2.45) is 0 Å². The molecule has 1 unspecified atom stereocenters. The fraction of sp³-hybridized carbons (Fsp3) is 0.462. The molecule has 17 heavy (non-hydrogen) atoms. The van der Waals surface area contributed by atoms with Gasteiger partial charge in [-0.3, -0.25) is 5.32 Å². The van der Waals surface area contributed by atoms with E-state index in [2.05, 4.69) is 11.4 Å². The van der Waals surface area contributed by atoms with Gasteiger partial charge in [-0.1, -0.05) is 6.07 Å². The predicted octanol–water partition coefficient (Wildman–Crippen LogP) is 1.73. The molecule has 0 amide bonds. The van der Waals surface area contributed by atoms with Crippen LogP contribution in [0.5, 0.6) is 0 Å². The van der Waals surface area contributed by atoms with Gasteiger partial charge in [0.15, 0.2) is 0 Å². The summed E-state index contributed by atoms with van der Waals surface area (Å²) < 4.78 is 18.1. The fourth-order valence-corrected chi connectivity index (χ4v) is 2.35. The van der Waals surface area contributed by atoms with E-state index in [1.165, 1.54) is 12.1 Å². The number of benzene rings is 1. The zero-order valence-corrected chi connectivity index (χ0v) is 9.79. The van der Waals surface area contributed by atoms with Gasteiger partial charge in [-0.05, 0) is 36.1 Å². The second kappa shape index (κ2) is 4.82. The van der Waals surface area contributed by atoms with Gasteiger partial charge in [0.25, 0.3) is 0 Å². The minimum atomic E-state index is -0.679. The lowest BCUT2D eigenvalue weighted by Gasteiger charge is -2.23. The van der Waals surface area contributed by atoms with Crippen LogP contribution in [0.3, 0.4) is 0 Å². The number of nitrogens with one attached hydrogen (secondary N) is 1. The smallest absolute Gasteiger partial charge is 0.132 e. The minimum absolute atomic E-state index is 0.241. The molecule has 0 spiro atoms. The van der Waals surface area contributed by atoms with E-state index in [0.29, 0.717) is 19.6 Å². The molecule has 0 fully saturated rings. The molecule has 0 radical (unpaired) electrons. The molecule has 90 valence electrons. The van der Waals surface area contributed by atoms with Gasteiger partial charge in [-0.15, -0.1) is 0 Å². The van der Waals surface area contributed by atoms with E-state index >= 15 is 0 Å². The van der Waals surface area contributed by atoms with Crippen molar-refractivity contribution >= 4 is 0 Å². The molecule has 0 aromatic heterocycles. The average Bonchev–Trinajstić information content (AvgIpc) is 2.68. The summed E-state index contributed by atoms with van der Waals surface area (Å²) in [5.74, 6) is -0.241. The fourth-order valence-electron chi connectivity index (χ4n) is 2.35. The van der Waals surface area contributed by atoms with Crippen molar-refractivity contribution < 1.29 is 9.13 Å². The van der Waals surface area contributed by atoms with Crippen molar-refractivity contribution in [1.29, 1.82) is 5.26 Å². The van der Waals surface area contributed by atoms with Crippen molar-refractivity contribution in [2.75, 3.05) is 20.3 Å². The molecule has 4 heteroatoms. The summed E-state index contributed by atoms with van der Waals surface area (Å²) in [6.07, 6.45) is 1.42. The summed E-state index contributed by atoms with van der Waals surface area (Å²) in [5, 5.41) is 12.6. The van der Waals surface area contributed by atoms with E-state index in [1.807, 2.05) is 0 Å². The highest BCUT2D eigenvalue weighted by Gasteiger charge is 2.38. The second-order valence-electron chi connectivity index (χ2n) is 4.24. The molecule has 3 nitrogen and oxygen atoms in total. The number of fused-ring (bicyclic) bond motifs is 1. The van der Waals surface area contributed by atoms with Crippen LogP contribution in [0.15, 0.2) is 18.2 Å². The molecule has 2 rings (SSSR count). The molecule has 1 atom stereocenters. The number of ether oxygens (including phenoxy) is 1. The summed E-state index contributed by atoms with van der Waals surface area (Å²) in [4.78, 5) is 0. The lowest BCUT2D eigenvalue weighted by atomic mass is 9.93. The number of halogens is 1. The maximum Gasteiger partial charge on any atom is 0.132 e. The molecule has 0 bridgehead atoms. The SMILES string of the molecule is COCCNC1(C#N)CCc2cc(F)ccc21. The summed E-state index contributed by atoms with van der Waals surface area (Å²) >= 11 is 0. The van der Waals surface area contributed by atoms with Gasteiger partial charge in [-0.25, -0.2) is 4.39 Å². The van der Waals surface area contributed by atoms with E-state index in [1.54, 1.807) is 13.2 Å². The predicted molar refractivity (Wildman–Crippen MR) is 61.9 cm³/mol. The number of rotatable bonds is 4. The number of nitrogens with zero attached hydrogens (tertiary/aromatic N) is 1. The standard InChI is InChI=1S/C13H15FN2O/c1-17-7-6-16-13(9-15)5-4-10-8-11(14)2-3-12(10)13/h2-3,8,16H,4-7H2,1H3. The molecule has 1 aromatic rings. The normalized spacial score (nSPS) is 22.2. The molecular weight excluding hydrogens is 219 g/mol. The summed E-state index contributed by atoms with van der Waals surface area (Å²) in [5.41, 5.74) is 1.15. The first-order valence-corrected chi connectivity index (χ1v) is 5.66. The highest BCUT2D eigenvalue weighted by Crippen LogP contribution is 2.36. The third-order valence-electron chi connectivity index (χ3n) is 3.22. The summed E-state index contributed by atoms with van der Waals surface area (Å²) in [7, 11) is 1.62. The number of hydrogen-bond acceptors (Lipinski definition) is 3. The minimum Gasteiger partial charge on any atom is -0.383 e. The Morgan fingerprint density at radius 3 is 3.12 bits per heavy atom. The first kappa shape index (κ1) is 12.0. The first-order chi connectivity index (χ1) is 8.22. The maximum atomic E-state index is 13.1. The molecule has 0 heterocycles. The molecule has 0 aliphatic heterocycles. The van der Waals surface area contributed by atoms with Crippen LogP contribution in [0, 0.1) is 17.1 Å². The third kappa shape index (κ3) is 2.17. The van der Waals surface area contributed by atoms with Gasteiger partial charge in [0, 0.05) is 13.7 Å². The van der Waals surface area contributed by atoms with Crippen LogP contribution in [-0.4, -0.2) is 20.3 Å². The van der Waals surface area contributed by atoms with Crippen molar-refractivity contribution in [3.8, 4) is 6.07 Å². The zero-order valence-electron chi connectivity index (χ0n) is 9.79. The molecule has 0 saturated carbocycles. The monoisotopic (exact) mass is 234 g/mol. The molecule has 1 N–H and O–H groups in total. The topological polar surface area (TPSA) is 45.0 Å². The van der Waals surface area contributed by atoms with Crippen LogP contribution in [0.25, 0.3) is 0 Å². The van der Waals surface area contributed by atoms with Crippen molar-refractivity contribution in [2.45, 2.75) is 18.4 Å². The molecule has 1 aromatic carbocycles. The van der Waals surface area contributed by atoms with Gasteiger partial charge >= 0.3 is 0 Å². The van der Waals surface area contributed by atoms with Gasteiger partial charge in [0.2, 0.25) is 0 Å². The Hall–Kier alpha value is -1.44. The Morgan fingerprint density at radius 1 is 1.59 bits per heavy atom. The molecule has 0 saturated heterocycles. The van der Waals surface area contributed by atoms with Crippen LogP contribution in [0.1, 0.15) is 17.5 Å². The Bertz CT molecular complexity index is 455. The Labute approximate surface area is 100 Å². The number of methoxy groups -OCH3 is 1. The number of aryl methyl sites for hydroxylation is 1. The van der Waals surface area contributed by atoms with E-state index < -0.39 is 5.54 Å². The van der Waals surface area contributed by atoms with Crippen LogP contribution < -0.4 is 5.32 Å². The van der Waals surface area contributed by atoms with Crippen LogP contribution in [-0.2, 0) is 16.7 Å². The highest BCUT2D eigenvalue weighted by atomic mass is 19.1. The van der Waals surface area contributed by atoms with Crippen LogP contribution in [0.2, 0.25) is 0 Å². The van der Waals surface area contributed by atoms with Gasteiger partial charge < -0.3 is 4.74 Å². The zero-order chi connectivity index (χ0) is 12.3. The largest absolute Gasteiger partial charge is 0.383 e. The van der Waals surface area contributed by atoms with E-state index in [4.69, 9.17) is 4.74 Å². The summed E-state index contributed by atoms with van der Waals surface area (Å²) in [6.45, 7) is 1.17. The van der Waals surface area contributed by atoms with Crippen molar-refractivity contribution in [1.82, 2.24) is 5.32 Å². The first-order valence-electron chi connectivity index (χ1n) is 5.66. The van der Waals surface area contributed by atoms with E-state index in [0.717, 1.165) is 17.5 Å². The third-order valence-corrected chi connectivity index (χ3v) is 3.22. The highest BCUT2D eigenvalue weighted by molar-refractivity contribution is 5.43. The number of hydrogen-bond donors (Lipinski definition) is 1. The Balaban J connectivity index is 2.25. The van der Waals surface area contributed by atoms with E-state index in [9.17, 15) is 9.65 Å². The van der Waals surface area contributed by atoms with Gasteiger partial charge in [0.05, 0.1) is 12.7 Å². The van der Waals surface area contributed by atoms with Crippen molar-refractivity contribution in [3.63, 3.8) is 0 Å². The molecular formula is C13H15FN2O. The van der Waals surface area contributed by atoms with E-state index in [-0.39, 0.29) is 5.82 Å². The molecule has 1 aliphatic rings. The quantitative estimate of drug-likeness (QED) is 0.807. The van der Waals surface area contributed by atoms with Gasteiger partial charge in [-0.2, -0.15) is 5.26 Å². The van der Waals surface area contributed by atoms with Crippen LogP contribution >= 0.6 is 0 Å². The number of nitriles is 1. The lowest BCUT2D eigenvalue weighted by molar-refractivity contribution is 0.190. The Kier molecular flexibility index (Phi) is 3.41. The van der Waals surface area contributed by atoms with Crippen LogP contribution in [0.4, 0.5) is 4.39 Å². The summed E-state index contributed by atoms with van der Waals surface area (Å²) in [6, 6.07) is 6.96. The maximum absolute atomic E-state index is 13.1. The lowest BCUT2D eigenvalue weighted by Crippen LogP contribution is -2.40. The average molecular weight is 234 g/mol.